The Balaban J connectivity index is 1.24. The van der Waals surface area contributed by atoms with Gasteiger partial charge < -0.3 is 83.5 Å². The number of carboxylic acid groups (broad SMARTS) is 1. The van der Waals surface area contributed by atoms with Crippen molar-refractivity contribution in [3.63, 3.8) is 0 Å². The van der Waals surface area contributed by atoms with E-state index in [1.165, 1.54) is 12.2 Å². The van der Waals surface area contributed by atoms with Crippen molar-refractivity contribution >= 4 is 17.9 Å². The summed E-state index contributed by atoms with van der Waals surface area (Å²) in [5, 5.41) is 81.8. The minimum atomic E-state index is -1.84. The summed E-state index contributed by atoms with van der Waals surface area (Å²) in [6, 6.07) is 0. The molecular weight excluding hydrogens is 716 g/mol. The molecule has 5 aliphatic heterocycles. The summed E-state index contributed by atoms with van der Waals surface area (Å²) in [4.78, 5) is 36.9. The lowest BCUT2D eigenvalue weighted by atomic mass is 9.80. The predicted octanol–water partition coefficient (Wildman–Crippen LogP) is -3.12. The molecule has 0 saturated carbocycles. The van der Waals surface area contributed by atoms with Gasteiger partial charge in [-0.05, 0) is 0 Å². The van der Waals surface area contributed by atoms with Gasteiger partial charge in [0.15, 0.2) is 12.6 Å². The molecule has 0 aromatic rings. The van der Waals surface area contributed by atoms with Crippen LogP contribution in [0.25, 0.3) is 0 Å². The Hall–Kier alpha value is -3.51. The molecule has 20 nitrogen and oxygen atoms in total. The molecule has 8 N–H and O–H groups in total. The van der Waals surface area contributed by atoms with Crippen LogP contribution in [0.4, 0.5) is 0 Å². The molecule has 0 aromatic heterocycles. The summed E-state index contributed by atoms with van der Waals surface area (Å²) < 4.78 is 49.8. The summed E-state index contributed by atoms with van der Waals surface area (Å²) in [6.45, 7) is 6.27. The number of methoxy groups -OCH3 is 1. The van der Waals surface area contributed by atoms with E-state index in [2.05, 4.69) is 13.2 Å². The van der Waals surface area contributed by atoms with Crippen LogP contribution in [0.3, 0.4) is 0 Å². The molecule has 0 spiro atoms. The lowest BCUT2D eigenvalue weighted by molar-refractivity contribution is -0.345. The molecule has 0 unspecified atom stereocenters. The largest absolute Gasteiger partial charge is 0.481 e. The van der Waals surface area contributed by atoms with E-state index in [0.717, 1.165) is 19.6 Å². The fourth-order valence-electron chi connectivity index (χ4n) is 6.82. The molecule has 0 aliphatic carbocycles. The highest BCUT2D eigenvalue weighted by Gasteiger charge is 2.51. The van der Waals surface area contributed by atoms with Crippen LogP contribution in [0.5, 0.6) is 0 Å². The number of aliphatic hydroxyl groups is 7. The first kappa shape index (κ1) is 40.7. The van der Waals surface area contributed by atoms with Gasteiger partial charge in [-0.2, -0.15) is 0 Å². The van der Waals surface area contributed by atoms with Crippen LogP contribution in [0, 0.1) is 23.7 Å². The average molecular weight is 761 g/mol. The number of cyclic esters (lactones) is 1. The minimum absolute atomic E-state index is 0.0170. The third-order valence-corrected chi connectivity index (χ3v) is 9.80. The van der Waals surface area contributed by atoms with Crippen molar-refractivity contribution in [3.05, 3.63) is 49.0 Å². The summed E-state index contributed by atoms with van der Waals surface area (Å²) >= 11 is 0. The van der Waals surface area contributed by atoms with Crippen molar-refractivity contribution in [2.75, 3.05) is 20.3 Å². The average Bonchev–Trinajstić information content (AvgIpc) is 3.14. The number of aliphatic hydroxyl groups excluding tert-OH is 7. The molecule has 53 heavy (non-hydrogen) atoms. The van der Waals surface area contributed by atoms with E-state index in [-0.39, 0.29) is 17.6 Å². The van der Waals surface area contributed by atoms with Crippen LogP contribution >= 0.6 is 0 Å². The van der Waals surface area contributed by atoms with Gasteiger partial charge >= 0.3 is 17.9 Å². The van der Waals surface area contributed by atoms with E-state index in [4.69, 9.17) is 42.6 Å². The molecule has 0 amide bonds. The Morgan fingerprint density at radius 3 is 1.96 bits per heavy atom. The Morgan fingerprint density at radius 1 is 0.830 bits per heavy atom. The minimum Gasteiger partial charge on any atom is -0.481 e. The van der Waals surface area contributed by atoms with Crippen LogP contribution < -0.4 is 0 Å². The fraction of sp³-hybridized carbons (Fsp3) is 0.667. The highest BCUT2D eigenvalue weighted by molar-refractivity contribution is 5.90. The number of aliphatic carboxylic acids is 1. The molecule has 5 heterocycles. The van der Waals surface area contributed by atoms with E-state index in [9.17, 15) is 55.2 Å². The quantitative estimate of drug-likeness (QED) is 0.0680. The highest BCUT2D eigenvalue weighted by Crippen LogP contribution is 2.41. The highest BCUT2D eigenvalue weighted by atomic mass is 16.8. The number of fused-ring (bicyclic) bond motifs is 1. The van der Waals surface area contributed by atoms with Crippen molar-refractivity contribution in [1.29, 1.82) is 0 Å². The first-order valence-electron chi connectivity index (χ1n) is 16.6. The number of carbonyl (C=O) groups excluding carboxylic acids is 2. The Labute approximate surface area is 301 Å². The zero-order chi connectivity index (χ0) is 38.7. The maximum Gasteiger partial charge on any atom is 0.339 e. The van der Waals surface area contributed by atoms with Crippen molar-refractivity contribution in [3.8, 4) is 0 Å². The van der Waals surface area contributed by atoms with Gasteiger partial charge in [0.05, 0.1) is 50.4 Å². The van der Waals surface area contributed by atoms with Gasteiger partial charge in [0.25, 0.3) is 0 Å². The normalized spacial score (nSPS) is 42.7. The topological polar surface area (TPSA) is 296 Å². The second kappa shape index (κ2) is 17.3. The molecular formula is C33H44O20. The van der Waals surface area contributed by atoms with Crippen molar-refractivity contribution in [2.24, 2.45) is 23.7 Å². The van der Waals surface area contributed by atoms with Crippen LogP contribution in [0.15, 0.2) is 49.0 Å². The van der Waals surface area contributed by atoms with E-state index < -0.39 is 141 Å². The number of esters is 2. The molecule has 0 aromatic carbocycles. The number of rotatable bonds is 13. The molecule has 296 valence electrons. The zero-order valence-corrected chi connectivity index (χ0v) is 28.3. The lowest BCUT2D eigenvalue weighted by Gasteiger charge is -2.44. The van der Waals surface area contributed by atoms with E-state index in [1.54, 1.807) is 0 Å². The number of carboxylic acids is 1. The summed E-state index contributed by atoms with van der Waals surface area (Å²) in [7, 11) is 1.11. The second-order valence-electron chi connectivity index (χ2n) is 13.0. The monoisotopic (exact) mass is 760 g/mol. The first-order chi connectivity index (χ1) is 25.2. The van der Waals surface area contributed by atoms with E-state index in [1.807, 2.05) is 0 Å². The Kier molecular flexibility index (Phi) is 13.3. The molecule has 3 fully saturated rings. The summed E-state index contributed by atoms with van der Waals surface area (Å²) in [5.41, 5.74) is 0.000686. The number of hydrogen-bond donors (Lipinski definition) is 8. The fourth-order valence-corrected chi connectivity index (χ4v) is 6.82. The van der Waals surface area contributed by atoms with E-state index in [0.29, 0.717) is 0 Å². The maximum absolute atomic E-state index is 13.0. The molecule has 5 aliphatic rings. The van der Waals surface area contributed by atoms with Gasteiger partial charge in [-0.25, -0.2) is 9.59 Å². The molecule has 3 saturated heterocycles. The van der Waals surface area contributed by atoms with Crippen LogP contribution in [-0.2, 0) is 57.0 Å². The number of hydrogen-bond acceptors (Lipinski definition) is 19. The number of carbonyl (C=O) groups is 3. The maximum atomic E-state index is 13.0. The Morgan fingerprint density at radius 2 is 1.40 bits per heavy atom. The second-order valence-corrected chi connectivity index (χ2v) is 13.0. The molecule has 17 atom stereocenters. The van der Waals surface area contributed by atoms with Gasteiger partial charge in [0, 0.05) is 30.1 Å². The van der Waals surface area contributed by atoms with Crippen molar-refractivity contribution in [2.45, 2.75) is 93.1 Å². The Bertz CT molecular complexity index is 1410. The zero-order valence-electron chi connectivity index (χ0n) is 28.3. The smallest absolute Gasteiger partial charge is 0.339 e. The van der Waals surface area contributed by atoms with Gasteiger partial charge in [-0.15, -0.1) is 13.2 Å². The molecule has 0 radical (unpaired) electrons. The molecule has 5 rings (SSSR count). The van der Waals surface area contributed by atoms with Gasteiger partial charge in [0.2, 0.25) is 18.9 Å². The number of ether oxygens (including phenoxy) is 9. The van der Waals surface area contributed by atoms with Crippen LogP contribution in [0.2, 0.25) is 0 Å². The van der Waals surface area contributed by atoms with Crippen molar-refractivity contribution in [1.82, 2.24) is 0 Å². The standard InChI is InChI=1S/C33H44O20/c1-4-12-14(6-20(35)36)16(28(43)45-3)9-47-30(12)53-33-27(42)25(40)23(38)19(50-33)11-46-21-7-15-13(5-2)31(48-10-17(15)29(44)51-21)52-32-26(41)24(39)22(37)18(8-34)49-32/h4-5,9-10,12-15,18-19,21-27,30-34,37-42H,1-2,6-8,11H2,3H3,(H,35,36)/t12-,13-,14+,15+,18-,19-,21-,22-,23-,24+,25+,26-,27-,30+,31+,32+,33+/m1/s1. The first-order valence-corrected chi connectivity index (χ1v) is 16.6. The van der Waals surface area contributed by atoms with Gasteiger partial charge in [-0.3, -0.25) is 4.79 Å². The van der Waals surface area contributed by atoms with Crippen LogP contribution in [0.1, 0.15) is 12.8 Å². The molecule has 20 heteroatoms. The predicted molar refractivity (Wildman–Crippen MR) is 168 cm³/mol. The summed E-state index contributed by atoms with van der Waals surface area (Å²) in [6.07, 6.45) is -16.0. The third-order valence-electron chi connectivity index (χ3n) is 9.80. The van der Waals surface area contributed by atoms with Crippen LogP contribution in [-0.4, -0.2) is 159 Å². The van der Waals surface area contributed by atoms with Gasteiger partial charge in [0.1, 0.15) is 48.8 Å². The SMILES string of the molecule is C=C[C@H]1[C@H](O[C@@H]2O[C@H](CO[C@H]3C[C@@H]4C(=CO[C@@H](O[C@@H]5O[C@H](CO)[C@@H](O)[C@H](O)[C@H]5O)[C@@H]4C=C)C(=O)O3)[C@@H](O)[C@H](O)[C@H]2O)OC=C(C(=O)OC)[C@H]1CC(=O)O. The third kappa shape index (κ3) is 8.43. The van der Waals surface area contributed by atoms with Gasteiger partial charge in [-0.1, -0.05) is 12.2 Å². The van der Waals surface area contributed by atoms with E-state index >= 15 is 0 Å². The lowest BCUT2D eigenvalue weighted by Crippen LogP contribution is -2.60. The summed E-state index contributed by atoms with van der Waals surface area (Å²) in [5.74, 6) is -6.40. The molecule has 0 bridgehead atoms. The van der Waals surface area contributed by atoms with Crippen molar-refractivity contribution < 1.29 is 97.9 Å².